The topological polar surface area (TPSA) is 62.2 Å². The third kappa shape index (κ3) is 6.60. The molecule has 0 aromatic heterocycles. The lowest BCUT2D eigenvalue weighted by Crippen LogP contribution is -2.38. The molecule has 0 spiro atoms. The average Bonchev–Trinajstić information content (AvgIpc) is 2.89. The highest BCUT2D eigenvalue weighted by Gasteiger charge is 2.19. The van der Waals surface area contributed by atoms with Crippen LogP contribution in [0.5, 0.6) is 5.75 Å². The molecule has 5 nitrogen and oxygen atoms in total. The summed E-state index contributed by atoms with van der Waals surface area (Å²) in [6, 6.07) is 17.8. The van der Waals surface area contributed by atoms with Gasteiger partial charge in [0, 0.05) is 32.7 Å². The summed E-state index contributed by atoms with van der Waals surface area (Å²) in [5, 5.41) is 19.4. The molecule has 2 aliphatic rings. The number of aliphatic hydroxyl groups is 1. The maximum absolute atomic E-state index is 9.86. The minimum atomic E-state index is 0.152. The highest BCUT2D eigenvalue weighted by molar-refractivity contribution is 5.98. The molecule has 5 heteroatoms. The van der Waals surface area contributed by atoms with Crippen molar-refractivity contribution >= 4 is 11.1 Å². The average molecular weight is 462 g/mol. The van der Waals surface area contributed by atoms with E-state index in [4.69, 9.17) is 9.47 Å². The number of hydrogen-bond acceptors (Lipinski definition) is 5. The van der Waals surface area contributed by atoms with Crippen molar-refractivity contribution in [2.45, 2.75) is 25.7 Å². The molecule has 2 aromatic carbocycles. The Kier molecular flexibility index (Phi) is 8.97. The van der Waals surface area contributed by atoms with E-state index in [0.717, 1.165) is 69.0 Å². The van der Waals surface area contributed by atoms with Gasteiger partial charge in [0.15, 0.2) is 0 Å². The first kappa shape index (κ1) is 24.3. The Morgan fingerprint density at radius 3 is 2.35 bits per heavy atom. The van der Waals surface area contributed by atoms with E-state index in [-0.39, 0.29) is 12.4 Å². The Morgan fingerprint density at radius 2 is 1.68 bits per heavy atom. The van der Waals surface area contributed by atoms with Crippen LogP contribution in [0.4, 0.5) is 0 Å². The number of ether oxygens (including phenoxy) is 2. The molecule has 4 rings (SSSR count). The SMILES string of the molecule is OCCC/C(=C(/C1=CC=C(OCCN2CCOCC2)CC1)c1ccc(O)cc1)c1ccccc1. The molecule has 1 saturated heterocycles. The fourth-order valence-electron chi connectivity index (χ4n) is 4.57. The number of benzene rings is 2. The van der Waals surface area contributed by atoms with Crippen LogP contribution in [-0.4, -0.2) is 61.2 Å². The second-order valence-corrected chi connectivity index (χ2v) is 8.72. The number of hydrogen-bond donors (Lipinski definition) is 2. The Hall–Kier alpha value is -2.86. The maximum Gasteiger partial charge on any atom is 0.115 e. The Labute approximate surface area is 202 Å². The predicted molar refractivity (Wildman–Crippen MR) is 136 cm³/mol. The number of phenols is 1. The van der Waals surface area contributed by atoms with Crippen LogP contribution in [-0.2, 0) is 9.47 Å². The van der Waals surface area contributed by atoms with Gasteiger partial charge in [0.1, 0.15) is 12.4 Å². The van der Waals surface area contributed by atoms with Crippen LogP contribution in [0.15, 0.2) is 78.1 Å². The summed E-state index contributed by atoms with van der Waals surface area (Å²) in [6.45, 7) is 5.34. The second kappa shape index (κ2) is 12.6. The van der Waals surface area contributed by atoms with Gasteiger partial charge in [0.05, 0.1) is 19.0 Å². The van der Waals surface area contributed by atoms with E-state index in [2.05, 4.69) is 41.3 Å². The van der Waals surface area contributed by atoms with E-state index < -0.39 is 0 Å². The molecule has 2 N–H and O–H groups in total. The third-order valence-corrected chi connectivity index (χ3v) is 6.40. The summed E-state index contributed by atoms with van der Waals surface area (Å²) in [5.74, 6) is 1.28. The van der Waals surface area contributed by atoms with Crippen LogP contribution < -0.4 is 0 Å². The molecule has 0 amide bonds. The Morgan fingerprint density at radius 1 is 0.912 bits per heavy atom. The zero-order valence-electron chi connectivity index (χ0n) is 19.8. The number of morpholine rings is 1. The molecule has 180 valence electrons. The van der Waals surface area contributed by atoms with Crippen molar-refractivity contribution < 1.29 is 19.7 Å². The standard InChI is InChI=1S/C29H35NO4/c31-19-4-7-28(23-5-2-1-3-6-23)29(24-8-12-26(32)13-9-24)25-10-14-27(15-11-25)34-22-18-30-16-20-33-21-17-30/h1-3,5-6,8-10,12-14,31-32H,4,7,11,15-22H2/b29-28-. The van der Waals surface area contributed by atoms with Crippen LogP contribution in [0, 0.1) is 0 Å². The second-order valence-electron chi connectivity index (χ2n) is 8.72. The molecule has 0 atom stereocenters. The summed E-state index contributed by atoms with van der Waals surface area (Å²) in [6.07, 6.45) is 7.50. The molecular formula is C29H35NO4. The minimum Gasteiger partial charge on any atom is -0.508 e. The summed E-state index contributed by atoms with van der Waals surface area (Å²) in [4.78, 5) is 2.38. The highest BCUT2D eigenvalue weighted by Crippen LogP contribution is 2.39. The van der Waals surface area contributed by atoms with Crippen molar-refractivity contribution in [3.8, 4) is 5.75 Å². The monoisotopic (exact) mass is 461 g/mol. The molecule has 1 fully saturated rings. The zero-order valence-corrected chi connectivity index (χ0v) is 19.8. The van der Waals surface area contributed by atoms with Gasteiger partial charge in [-0.05, 0) is 65.3 Å². The summed E-state index contributed by atoms with van der Waals surface area (Å²) in [5.41, 5.74) is 5.89. The van der Waals surface area contributed by atoms with Gasteiger partial charge in [-0.1, -0.05) is 48.5 Å². The molecule has 0 saturated carbocycles. The number of aliphatic hydroxyl groups excluding tert-OH is 1. The number of phenolic OH excluding ortho intramolecular Hbond substituents is 1. The van der Waals surface area contributed by atoms with E-state index in [1.807, 2.05) is 18.2 Å². The number of aromatic hydroxyl groups is 1. The van der Waals surface area contributed by atoms with Gasteiger partial charge < -0.3 is 19.7 Å². The van der Waals surface area contributed by atoms with Gasteiger partial charge in [0.2, 0.25) is 0 Å². The summed E-state index contributed by atoms with van der Waals surface area (Å²) >= 11 is 0. The number of rotatable bonds is 10. The first-order valence-corrected chi connectivity index (χ1v) is 12.3. The van der Waals surface area contributed by atoms with Gasteiger partial charge in [-0.15, -0.1) is 0 Å². The largest absolute Gasteiger partial charge is 0.508 e. The van der Waals surface area contributed by atoms with Crippen LogP contribution in [0.25, 0.3) is 11.1 Å². The normalized spacial score (nSPS) is 17.6. The molecule has 0 bridgehead atoms. The van der Waals surface area contributed by atoms with Gasteiger partial charge in [-0.3, -0.25) is 4.90 Å². The van der Waals surface area contributed by atoms with Crippen molar-refractivity contribution in [1.82, 2.24) is 4.90 Å². The first-order valence-electron chi connectivity index (χ1n) is 12.3. The molecule has 2 aromatic rings. The van der Waals surface area contributed by atoms with Crippen molar-refractivity contribution in [1.29, 1.82) is 0 Å². The molecule has 34 heavy (non-hydrogen) atoms. The van der Waals surface area contributed by atoms with Crippen molar-refractivity contribution in [2.24, 2.45) is 0 Å². The van der Waals surface area contributed by atoms with Crippen LogP contribution >= 0.6 is 0 Å². The number of allylic oxidation sites excluding steroid dienone is 6. The molecule has 0 unspecified atom stereocenters. The van der Waals surface area contributed by atoms with Crippen LogP contribution in [0.3, 0.4) is 0 Å². The predicted octanol–water partition coefficient (Wildman–Crippen LogP) is 5.03. The minimum absolute atomic E-state index is 0.152. The van der Waals surface area contributed by atoms with Crippen molar-refractivity contribution in [3.05, 3.63) is 89.2 Å². The third-order valence-electron chi connectivity index (χ3n) is 6.40. The molecular weight excluding hydrogens is 426 g/mol. The zero-order chi connectivity index (χ0) is 23.6. The van der Waals surface area contributed by atoms with Crippen molar-refractivity contribution in [3.63, 3.8) is 0 Å². The van der Waals surface area contributed by atoms with Crippen LogP contribution in [0.1, 0.15) is 36.8 Å². The van der Waals surface area contributed by atoms with E-state index in [9.17, 15) is 10.2 Å². The van der Waals surface area contributed by atoms with E-state index in [0.29, 0.717) is 13.0 Å². The fourth-order valence-corrected chi connectivity index (χ4v) is 4.57. The van der Waals surface area contributed by atoms with Gasteiger partial charge >= 0.3 is 0 Å². The van der Waals surface area contributed by atoms with Crippen LogP contribution in [0.2, 0.25) is 0 Å². The van der Waals surface area contributed by atoms with Crippen molar-refractivity contribution in [2.75, 3.05) is 46.1 Å². The fraction of sp³-hybridized carbons (Fsp3) is 0.379. The lowest BCUT2D eigenvalue weighted by Gasteiger charge is -2.27. The van der Waals surface area contributed by atoms with E-state index >= 15 is 0 Å². The Balaban J connectivity index is 1.60. The van der Waals surface area contributed by atoms with Gasteiger partial charge in [0.25, 0.3) is 0 Å². The maximum atomic E-state index is 9.86. The highest BCUT2D eigenvalue weighted by atomic mass is 16.5. The molecule has 1 heterocycles. The molecule has 1 aliphatic carbocycles. The number of nitrogens with zero attached hydrogens (tertiary/aromatic N) is 1. The summed E-state index contributed by atoms with van der Waals surface area (Å²) < 4.78 is 11.5. The van der Waals surface area contributed by atoms with Gasteiger partial charge in [-0.2, -0.15) is 0 Å². The van der Waals surface area contributed by atoms with Gasteiger partial charge in [-0.25, -0.2) is 0 Å². The lowest BCUT2D eigenvalue weighted by atomic mass is 9.84. The van der Waals surface area contributed by atoms with E-state index in [1.165, 1.54) is 16.7 Å². The quantitative estimate of drug-likeness (QED) is 0.486. The van der Waals surface area contributed by atoms with E-state index in [1.54, 1.807) is 12.1 Å². The lowest BCUT2D eigenvalue weighted by molar-refractivity contribution is 0.0270. The molecule has 1 aliphatic heterocycles. The Bertz CT molecular complexity index is 1000. The first-order chi connectivity index (χ1) is 16.7. The molecule has 0 radical (unpaired) electrons. The smallest absolute Gasteiger partial charge is 0.115 e. The summed E-state index contributed by atoms with van der Waals surface area (Å²) in [7, 11) is 0.